The number of halogens is 1. The van der Waals surface area contributed by atoms with Crippen LogP contribution in [0.3, 0.4) is 0 Å². The fraction of sp³-hybridized carbons (Fsp3) is 0.346. The smallest absolute Gasteiger partial charge is 0.338 e. The fourth-order valence-electron chi connectivity index (χ4n) is 4.50. The van der Waals surface area contributed by atoms with Crippen molar-refractivity contribution in [3.05, 3.63) is 84.5 Å². The normalized spacial score (nSPS) is 18.8. The van der Waals surface area contributed by atoms with Gasteiger partial charge in [0.15, 0.2) is 10.7 Å². The molecular formula is C26H27FN4O4S. The number of nitrogens with zero attached hydrogens (tertiary/aromatic N) is 4. The van der Waals surface area contributed by atoms with Gasteiger partial charge in [-0.15, -0.1) is 0 Å². The Kier molecular flexibility index (Phi) is 6.63. The number of allylic oxidation sites excluding steroid dienone is 1. The SMILES string of the molecule is CCOC(=O)C1=C(C)N=c2s/c(=C\c3ccc(N4CCN(C)CC4)o3)c(=O)n2[C@@H]1c1ccc(F)cc1. The number of hydrogen-bond acceptors (Lipinski definition) is 8. The highest BCUT2D eigenvalue weighted by atomic mass is 32.1. The summed E-state index contributed by atoms with van der Waals surface area (Å²) in [7, 11) is 2.10. The van der Waals surface area contributed by atoms with Crippen molar-refractivity contribution < 1.29 is 18.3 Å². The van der Waals surface area contributed by atoms with Crippen LogP contribution in [0.2, 0.25) is 0 Å². The number of furan rings is 1. The zero-order chi connectivity index (χ0) is 25.4. The Morgan fingerprint density at radius 2 is 1.92 bits per heavy atom. The largest absolute Gasteiger partial charge is 0.463 e. The van der Waals surface area contributed by atoms with Crippen molar-refractivity contribution in [2.45, 2.75) is 19.9 Å². The number of benzene rings is 1. The maximum Gasteiger partial charge on any atom is 0.338 e. The molecular weight excluding hydrogens is 483 g/mol. The van der Waals surface area contributed by atoms with Gasteiger partial charge in [-0.1, -0.05) is 23.5 Å². The minimum Gasteiger partial charge on any atom is -0.463 e. The topological polar surface area (TPSA) is 80.3 Å². The lowest BCUT2D eigenvalue weighted by Crippen LogP contribution is -2.44. The Morgan fingerprint density at radius 3 is 2.61 bits per heavy atom. The molecule has 2 aliphatic heterocycles. The van der Waals surface area contributed by atoms with Crippen LogP contribution in [0.5, 0.6) is 0 Å². The molecule has 0 aliphatic carbocycles. The number of thiazole rings is 1. The molecule has 5 rings (SSSR count). The first kappa shape index (κ1) is 24.2. The molecule has 0 bridgehead atoms. The highest BCUT2D eigenvalue weighted by molar-refractivity contribution is 7.07. The number of hydrogen-bond donors (Lipinski definition) is 0. The van der Waals surface area contributed by atoms with Gasteiger partial charge in [-0.05, 0) is 44.7 Å². The standard InChI is InChI=1S/C26H27FN4O4S/c1-4-34-25(33)22-16(2)28-26-31(23(22)17-5-7-18(27)8-6-17)24(32)20(36-26)15-19-9-10-21(35-19)30-13-11-29(3)12-14-30/h5-10,15,23H,4,11-14H2,1-3H3/b20-15-/t23-/m1/s1. The first-order valence-electron chi connectivity index (χ1n) is 11.8. The quantitative estimate of drug-likeness (QED) is 0.490. The van der Waals surface area contributed by atoms with E-state index in [-0.39, 0.29) is 17.7 Å². The van der Waals surface area contributed by atoms with Crippen LogP contribution in [0, 0.1) is 5.82 Å². The van der Waals surface area contributed by atoms with Crippen molar-refractivity contribution in [2.24, 2.45) is 4.99 Å². The number of likely N-dealkylation sites (N-methyl/N-ethyl adjacent to an activating group) is 1. The van der Waals surface area contributed by atoms with E-state index >= 15 is 0 Å². The number of rotatable bonds is 5. The van der Waals surface area contributed by atoms with E-state index < -0.39 is 17.8 Å². The van der Waals surface area contributed by atoms with Gasteiger partial charge in [-0.3, -0.25) is 9.36 Å². The first-order chi connectivity index (χ1) is 17.4. The molecule has 8 nitrogen and oxygen atoms in total. The zero-order valence-corrected chi connectivity index (χ0v) is 21.2. The van der Waals surface area contributed by atoms with Gasteiger partial charge in [-0.2, -0.15) is 0 Å². The van der Waals surface area contributed by atoms with Crippen molar-refractivity contribution in [3.8, 4) is 0 Å². The van der Waals surface area contributed by atoms with Gasteiger partial charge in [0.1, 0.15) is 11.6 Å². The zero-order valence-electron chi connectivity index (χ0n) is 20.4. The highest BCUT2D eigenvalue weighted by Crippen LogP contribution is 2.30. The number of ether oxygens (including phenoxy) is 1. The summed E-state index contributed by atoms with van der Waals surface area (Å²) in [5, 5.41) is 0. The average molecular weight is 511 g/mol. The minimum absolute atomic E-state index is 0.185. The van der Waals surface area contributed by atoms with Crippen LogP contribution < -0.4 is 19.8 Å². The van der Waals surface area contributed by atoms with Crippen molar-refractivity contribution in [1.82, 2.24) is 9.47 Å². The molecule has 0 amide bonds. The fourth-order valence-corrected chi connectivity index (χ4v) is 5.52. The van der Waals surface area contributed by atoms with Crippen molar-refractivity contribution >= 4 is 29.3 Å². The van der Waals surface area contributed by atoms with Gasteiger partial charge in [0.2, 0.25) is 0 Å². The number of anilines is 1. The maximum atomic E-state index is 13.7. The second-order valence-electron chi connectivity index (χ2n) is 8.82. The van der Waals surface area contributed by atoms with Crippen LogP contribution in [0.25, 0.3) is 6.08 Å². The average Bonchev–Trinajstić information content (AvgIpc) is 3.44. The van der Waals surface area contributed by atoms with Crippen molar-refractivity contribution in [1.29, 1.82) is 0 Å². The summed E-state index contributed by atoms with van der Waals surface area (Å²) in [5.41, 5.74) is 1.01. The van der Waals surface area contributed by atoms with Crippen LogP contribution >= 0.6 is 11.3 Å². The predicted octanol–water partition coefficient (Wildman–Crippen LogP) is 2.28. The van der Waals surface area contributed by atoms with Crippen LogP contribution in [0.15, 0.2) is 61.9 Å². The summed E-state index contributed by atoms with van der Waals surface area (Å²) >= 11 is 1.22. The van der Waals surface area contributed by atoms with E-state index in [9.17, 15) is 14.0 Å². The second-order valence-corrected chi connectivity index (χ2v) is 9.83. The van der Waals surface area contributed by atoms with Crippen LogP contribution in [0.4, 0.5) is 10.3 Å². The molecule has 1 atom stereocenters. The van der Waals surface area contributed by atoms with Gasteiger partial charge in [0.25, 0.3) is 5.56 Å². The van der Waals surface area contributed by atoms with E-state index in [0.29, 0.717) is 26.4 Å². The summed E-state index contributed by atoms with van der Waals surface area (Å²) in [6.45, 7) is 7.29. The number of piperazine rings is 1. The summed E-state index contributed by atoms with van der Waals surface area (Å²) in [4.78, 5) is 36.0. The molecule has 1 aromatic carbocycles. The molecule has 0 spiro atoms. The Hall–Kier alpha value is -3.50. The van der Waals surface area contributed by atoms with Crippen LogP contribution in [-0.2, 0) is 9.53 Å². The number of carbonyl (C=O) groups is 1. The molecule has 1 fully saturated rings. The first-order valence-corrected chi connectivity index (χ1v) is 12.7. The van der Waals surface area contributed by atoms with Gasteiger partial charge >= 0.3 is 5.97 Å². The Morgan fingerprint density at radius 1 is 1.19 bits per heavy atom. The van der Waals surface area contributed by atoms with E-state index in [2.05, 4.69) is 21.8 Å². The van der Waals surface area contributed by atoms with Crippen molar-refractivity contribution in [2.75, 3.05) is 44.7 Å². The van der Waals surface area contributed by atoms with E-state index in [0.717, 1.165) is 32.1 Å². The molecule has 0 radical (unpaired) electrons. The van der Waals surface area contributed by atoms with Gasteiger partial charge in [0, 0.05) is 38.3 Å². The molecule has 3 aromatic rings. The number of esters is 1. The number of aromatic nitrogens is 1. The number of carbonyl (C=O) groups excluding carboxylic acids is 1. The molecule has 2 aromatic heterocycles. The van der Waals surface area contributed by atoms with E-state index in [1.807, 2.05) is 12.1 Å². The molecule has 0 N–H and O–H groups in total. The van der Waals surface area contributed by atoms with Gasteiger partial charge in [0.05, 0.1) is 28.5 Å². The maximum absolute atomic E-state index is 13.7. The molecule has 188 valence electrons. The van der Waals surface area contributed by atoms with Crippen molar-refractivity contribution in [3.63, 3.8) is 0 Å². The van der Waals surface area contributed by atoms with E-state index in [1.54, 1.807) is 32.1 Å². The third-order valence-corrected chi connectivity index (χ3v) is 7.39. The lowest BCUT2D eigenvalue weighted by Gasteiger charge is -2.32. The third kappa shape index (κ3) is 4.54. The van der Waals surface area contributed by atoms with Gasteiger partial charge in [-0.25, -0.2) is 14.2 Å². The molecule has 0 unspecified atom stereocenters. The molecule has 2 aliphatic rings. The Labute approximate surface area is 211 Å². The molecule has 4 heterocycles. The molecule has 36 heavy (non-hydrogen) atoms. The summed E-state index contributed by atoms with van der Waals surface area (Å²) in [5.74, 6) is 0.379. The lowest BCUT2D eigenvalue weighted by atomic mass is 9.96. The monoisotopic (exact) mass is 510 g/mol. The predicted molar refractivity (Wildman–Crippen MR) is 135 cm³/mol. The highest BCUT2D eigenvalue weighted by Gasteiger charge is 2.33. The second kappa shape index (κ2) is 9.87. The lowest BCUT2D eigenvalue weighted by molar-refractivity contribution is -0.139. The minimum atomic E-state index is -0.777. The Bertz CT molecular complexity index is 1490. The molecule has 0 saturated carbocycles. The number of fused-ring (bicyclic) bond motifs is 1. The summed E-state index contributed by atoms with van der Waals surface area (Å²) in [6, 6.07) is 8.75. The summed E-state index contributed by atoms with van der Waals surface area (Å²) in [6.07, 6.45) is 1.70. The van der Waals surface area contributed by atoms with Gasteiger partial charge < -0.3 is 19.0 Å². The Balaban J connectivity index is 1.58. The van der Waals surface area contributed by atoms with E-state index in [4.69, 9.17) is 9.15 Å². The summed E-state index contributed by atoms with van der Waals surface area (Å²) < 4.78 is 26.9. The molecule has 1 saturated heterocycles. The molecule has 10 heteroatoms. The third-order valence-electron chi connectivity index (χ3n) is 6.40. The van der Waals surface area contributed by atoms with Crippen LogP contribution in [-0.4, -0.2) is 55.3 Å². The van der Waals surface area contributed by atoms with E-state index in [1.165, 1.54) is 28.0 Å². The van der Waals surface area contributed by atoms with Crippen LogP contribution in [0.1, 0.15) is 31.2 Å².